The normalized spacial score (nSPS) is 27.5. The summed E-state index contributed by atoms with van der Waals surface area (Å²) in [5.74, 6) is 1.61. The first-order chi connectivity index (χ1) is 6.77. The van der Waals surface area contributed by atoms with Crippen molar-refractivity contribution in [2.45, 2.75) is 38.5 Å². The van der Waals surface area contributed by atoms with Crippen LogP contribution < -0.4 is 5.73 Å². The molecule has 0 spiro atoms. The molecule has 0 saturated heterocycles. The minimum atomic E-state index is 0.768. The average molecular weight is 189 g/mol. The molecule has 0 aromatic heterocycles. The molecule has 1 fully saturated rings. The summed E-state index contributed by atoms with van der Waals surface area (Å²) in [5.41, 5.74) is 8.04. The standard InChI is InChI=1S/C13H19N/c1-10-4-2-3-5-13(10)11-6-8-12(14)9-7-11/h6-10,13H,2-5,14H2,1H3/t10-,13+/m1/s1. The van der Waals surface area contributed by atoms with Crippen molar-refractivity contribution in [1.29, 1.82) is 0 Å². The quantitative estimate of drug-likeness (QED) is 0.672. The zero-order valence-corrected chi connectivity index (χ0v) is 8.87. The summed E-state index contributed by atoms with van der Waals surface area (Å²) >= 11 is 0. The minimum Gasteiger partial charge on any atom is -0.399 e. The second-order valence-corrected chi connectivity index (χ2v) is 4.53. The van der Waals surface area contributed by atoms with Crippen molar-refractivity contribution in [1.82, 2.24) is 0 Å². The summed E-state index contributed by atoms with van der Waals surface area (Å²) in [6.45, 7) is 2.38. The minimum absolute atomic E-state index is 0.768. The van der Waals surface area contributed by atoms with E-state index in [9.17, 15) is 0 Å². The van der Waals surface area contributed by atoms with Crippen LogP contribution in [-0.2, 0) is 0 Å². The summed E-state index contributed by atoms with van der Waals surface area (Å²) in [7, 11) is 0. The highest BCUT2D eigenvalue weighted by Crippen LogP contribution is 2.37. The third-order valence-electron chi connectivity index (χ3n) is 3.48. The molecule has 1 nitrogen and oxygen atoms in total. The molecule has 0 radical (unpaired) electrons. The molecule has 2 atom stereocenters. The van der Waals surface area contributed by atoms with Gasteiger partial charge in [-0.15, -0.1) is 0 Å². The van der Waals surface area contributed by atoms with E-state index in [0.29, 0.717) is 0 Å². The zero-order valence-electron chi connectivity index (χ0n) is 8.87. The van der Waals surface area contributed by atoms with Gasteiger partial charge in [-0.2, -0.15) is 0 Å². The van der Waals surface area contributed by atoms with Gasteiger partial charge in [0, 0.05) is 5.69 Å². The Kier molecular flexibility index (Phi) is 2.76. The number of benzene rings is 1. The van der Waals surface area contributed by atoms with E-state index in [1.165, 1.54) is 31.2 Å². The van der Waals surface area contributed by atoms with E-state index in [1.54, 1.807) is 0 Å². The lowest BCUT2D eigenvalue weighted by Crippen LogP contribution is -2.14. The maximum Gasteiger partial charge on any atom is 0.0314 e. The van der Waals surface area contributed by atoms with Gasteiger partial charge in [-0.3, -0.25) is 0 Å². The molecule has 1 saturated carbocycles. The molecule has 76 valence electrons. The van der Waals surface area contributed by atoms with Crippen molar-refractivity contribution >= 4 is 5.69 Å². The third-order valence-corrected chi connectivity index (χ3v) is 3.48. The Morgan fingerprint density at radius 1 is 1.07 bits per heavy atom. The van der Waals surface area contributed by atoms with Crippen molar-refractivity contribution in [3.8, 4) is 0 Å². The number of anilines is 1. The lowest BCUT2D eigenvalue weighted by molar-refractivity contribution is 0.330. The highest BCUT2D eigenvalue weighted by atomic mass is 14.5. The molecule has 1 aromatic rings. The molecule has 0 bridgehead atoms. The summed E-state index contributed by atoms with van der Waals surface area (Å²) in [4.78, 5) is 0. The Morgan fingerprint density at radius 2 is 1.71 bits per heavy atom. The molecule has 0 unspecified atom stereocenters. The van der Waals surface area contributed by atoms with Crippen LogP contribution in [0.4, 0.5) is 5.69 Å². The highest BCUT2D eigenvalue weighted by Gasteiger charge is 2.22. The summed E-state index contributed by atoms with van der Waals surface area (Å²) < 4.78 is 0. The summed E-state index contributed by atoms with van der Waals surface area (Å²) in [6, 6.07) is 8.44. The van der Waals surface area contributed by atoms with Crippen LogP contribution in [0.5, 0.6) is 0 Å². The average Bonchev–Trinajstić information content (AvgIpc) is 2.20. The topological polar surface area (TPSA) is 26.0 Å². The number of rotatable bonds is 1. The van der Waals surface area contributed by atoms with Crippen LogP contribution in [0.1, 0.15) is 44.1 Å². The van der Waals surface area contributed by atoms with Gasteiger partial charge >= 0.3 is 0 Å². The van der Waals surface area contributed by atoms with Crippen molar-refractivity contribution in [2.75, 3.05) is 5.73 Å². The first kappa shape index (κ1) is 9.57. The lowest BCUT2D eigenvalue weighted by Gasteiger charge is -2.29. The maximum absolute atomic E-state index is 5.69. The Morgan fingerprint density at radius 3 is 2.36 bits per heavy atom. The zero-order chi connectivity index (χ0) is 9.97. The lowest BCUT2D eigenvalue weighted by atomic mass is 9.76. The van der Waals surface area contributed by atoms with Gasteiger partial charge in [-0.1, -0.05) is 38.3 Å². The van der Waals surface area contributed by atoms with E-state index in [4.69, 9.17) is 5.73 Å². The molecular weight excluding hydrogens is 170 g/mol. The smallest absolute Gasteiger partial charge is 0.0314 e. The second-order valence-electron chi connectivity index (χ2n) is 4.53. The molecular formula is C13H19N. The number of nitrogens with two attached hydrogens (primary N) is 1. The molecule has 1 aliphatic carbocycles. The van der Waals surface area contributed by atoms with E-state index >= 15 is 0 Å². The van der Waals surface area contributed by atoms with E-state index in [2.05, 4.69) is 19.1 Å². The summed E-state index contributed by atoms with van der Waals surface area (Å²) in [6.07, 6.45) is 5.53. The highest BCUT2D eigenvalue weighted by molar-refractivity contribution is 5.40. The van der Waals surface area contributed by atoms with Crippen LogP contribution in [0.2, 0.25) is 0 Å². The Bertz CT molecular complexity index is 289. The fourth-order valence-corrected chi connectivity index (χ4v) is 2.55. The first-order valence-electron chi connectivity index (χ1n) is 5.63. The molecule has 0 heterocycles. The fraction of sp³-hybridized carbons (Fsp3) is 0.538. The van der Waals surface area contributed by atoms with Crippen LogP contribution in [0.15, 0.2) is 24.3 Å². The number of hydrogen-bond acceptors (Lipinski definition) is 1. The van der Waals surface area contributed by atoms with Gasteiger partial charge in [0.15, 0.2) is 0 Å². The van der Waals surface area contributed by atoms with Gasteiger partial charge in [-0.05, 0) is 36.0 Å². The molecule has 0 amide bonds. The van der Waals surface area contributed by atoms with Gasteiger partial charge in [0.05, 0.1) is 0 Å². The SMILES string of the molecule is C[C@@H]1CCCC[C@@H]1c1ccc(N)cc1. The monoisotopic (exact) mass is 189 g/mol. The van der Waals surface area contributed by atoms with Gasteiger partial charge in [0.2, 0.25) is 0 Å². The van der Waals surface area contributed by atoms with Crippen molar-refractivity contribution in [3.63, 3.8) is 0 Å². The third kappa shape index (κ3) is 1.92. The van der Waals surface area contributed by atoms with Crippen LogP contribution in [0.3, 0.4) is 0 Å². The van der Waals surface area contributed by atoms with Crippen molar-refractivity contribution in [2.24, 2.45) is 5.92 Å². The van der Waals surface area contributed by atoms with E-state index < -0.39 is 0 Å². The van der Waals surface area contributed by atoms with Gasteiger partial charge in [0.25, 0.3) is 0 Å². The molecule has 0 aliphatic heterocycles. The Hall–Kier alpha value is -0.980. The van der Waals surface area contributed by atoms with Crippen molar-refractivity contribution in [3.05, 3.63) is 29.8 Å². The summed E-state index contributed by atoms with van der Waals surface area (Å²) in [5, 5.41) is 0. The maximum atomic E-state index is 5.69. The molecule has 2 N–H and O–H groups in total. The molecule has 1 aromatic carbocycles. The predicted molar refractivity (Wildman–Crippen MR) is 61.2 cm³/mol. The van der Waals surface area contributed by atoms with Gasteiger partial charge < -0.3 is 5.73 Å². The number of nitrogen functional groups attached to an aromatic ring is 1. The molecule has 1 heteroatoms. The Balaban J connectivity index is 2.16. The van der Waals surface area contributed by atoms with Crippen LogP contribution in [0, 0.1) is 5.92 Å². The van der Waals surface area contributed by atoms with Gasteiger partial charge in [0.1, 0.15) is 0 Å². The number of hydrogen-bond donors (Lipinski definition) is 1. The largest absolute Gasteiger partial charge is 0.399 e. The van der Waals surface area contributed by atoms with E-state index in [1.807, 2.05) is 12.1 Å². The van der Waals surface area contributed by atoms with E-state index in [-0.39, 0.29) is 0 Å². The van der Waals surface area contributed by atoms with Crippen molar-refractivity contribution < 1.29 is 0 Å². The van der Waals surface area contributed by atoms with Crippen LogP contribution >= 0.6 is 0 Å². The second kappa shape index (κ2) is 4.04. The molecule has 14 heavy (non-hydrogen) atoms. The van der Waals surface area contributed by atoms with Crippen LogP contribution in [0.25, 0.3) is 0 Å². The first-order valence-corrected chi connectivity index (χ1v) is 5.63. The van der Waals surface area contributed by atoms with Gasteiger partial charge in [-0.25, -0.2) is 0 Å². The predicted octanol–water partition coefficient (Wildman–Crippen LogP) is 3.56. The molecule has 2 rings (SSSR count). The Labute approximate surface area is 86.3 Å². The fourth-order valence-electron chi connectivity index (χ4n) is 2.55. The van der Waals surface area contributed by atoms with E-state index in [0.717, 1.165) is 17.5 Å². The molecule has 1 aliphatic rings. The van der Waals surface area contributed by atoms with Crippen LogP contribution in [-0.4, -0.2) is 0 Å².